The molecule has 0 fully saturated rings. The Balaban J connectivity index is 1.99. The fourth-order valence-corrected chi connectivity index (χ4v) is 2.03. The largest absolute Gasteiger partial charge is 0.508 e. The minimum absolute atomic E-state index is 0.224. The molecule has 0 saturated heterocycles. The van der Waals surface area contributed by atoms with Gasteiger partial charge in [0.05, 0.1) is 0 Å². The van der Waals surface area contributed by atoms with Gasteiger partial charge in [0, 0.05) is 17.5 Å². The van der Waals surface area contributed by atoms with Crippen LogP contribution in [0.2, 0.25) is 0 Å². The molecule has 2 unspecified atom stereocenters. The second-order valence-electron chi connectivity index (χ2n) is 5.31. The summed E-state index contributed by atoms with van der Waals surface area (Å²) in [5, 5.41) is 13.3. The standard InChI is InChI=1S/C15H21N3O2/c1-10(4-3-5-11(2)16)15-17-14(18-20-15)12-6-8-13(19)9-7-12/h6-11,19H,3-5,16H2,1-2H3. The number of nitrogens with zero attached hydrogens (tertiary/aromatic N) is 2. The van der Waals surface area contributed by atoms with E-state index in [4.69, 9.17) is 10.3 Å². The van der Waals surface area contributed by atoms with Crippen LogP contribution in [-0.4, -0.2) is 21.3 Å². The van der Waals surface area contributed by atoms with Gasteiger partial charge in [0.1, 0.15) is 5.75 Å². The number of phenols is 1. The van der Waals surface area contributed by atoms with Gasteiger partial charge >= 0.3 is 0 Å². The number of aromatic hydroxyl groups is 1. The molecule has 0 amide bonds. The molecule has 5 heteroatoms. The van der Waals surface area contributed by atoms with Crippen molar-refractivity contribution in [3.63, 3.8) is 0 Å². The highest BCUT2D eigenvalue weighted by Gasteiger charge is 2.15. The zero-order valence-corrected chi connectivity index (χ0v) is 11.9. The average molecular weight is 275 g/mol. The first-order valence-corrected chi connectivity index (χ1v) is 6.95. The van der Waals surface area contributed by atoms with Crippen molar-refractivity contribution >= 4 is 0 Å². The van der Waals surface area contributed by atoms with E-state index in [1.54, 1.807) is 24.3 Å². The summed E-state index contributed by atoms with van der Waals surface area (Å²) in [6.07, 6.45) is 3.04. The lowest BCUT2D eigenvalue weighted by molar-refractivity contribution is 0.350. The van der Waals surface area contributed by atoms with Crippen LogP contribution in [0.25, 0.3) is 11.4 Å². The predicted octanol–water partition coefficient (Wildman–Crippen LogP) is 3.06. The summed E-state index contributed by atoms with van der Waals surface area (Å²) in [4.78, 5) is 4.42. The molecule has 1 aromatic heterocycles. The Morgan fingerprint density at radius 2 is 1.90 bits per heavy atom. The maximum absolute atomic E-state index is 9.26. The summed E-state index contributed by atoms with van der Waals surface area (Å²) >= 11 is 0. The second-order valence-corrected chi connectivity index (χ2v) is 5.31. The van der Waals surface area contributed by atoms with Gasteiger partial charge in [-0.25, -0.2) is 0 Å². The van der Waals surface area contributed by atoms with E-state index in [0.29, 0.717) is 11.7 Å². The Kier molecular flexibility index (Phi) is 4.74. The second kappa shape index (κ2) is 6.52. The molecule has 1 aromatic carbocycles. The van der Waals surface area contributed by atoms with Crippen LogP contribution in [0.4, 0.5) is 0 Å². The Bertz CT molecular complexity index is 534. The van der Waals surface area contributed by atoms with Crippen LogP contribution >= 0.6 is 0 Å². The molecule has 1 heterocycles. The predicted molar refractivity (Wildman–Crippen MR) is 77.3 cm³/mol. The summed E-state index contributed by atoms with van der Waals surface area (Å²) in [5.74, 6) is 1.66. The van der Waals surface area contributed by atoms with Crippen LogP contribution in [0.15, 0.2) is 28.8 Å². The Morgan fingerprint density at radius 3 is 2.55 bits per heavy atom. The number of phenolic OH excluding ortho intramolecular Hbond substituents is 1. The third-order valence-corrected chi connectivity index (χ3v) is 3.29. The molecule has 0 saturated carbocycles. The molecule has 2 aromatic rings. The number of benzene rings is 1. The highest BCUT2D eigenvalue weighted by molar-refractivity contribution is 5.55. The van der Waals surface area contributed by atoms with Crippen LogP contribution < -0.4 is 5.73 Å². The molecule has 3 N–H and O–H groups in total. The van der Waals surface area contributed by atoms with Crippen molar-refractivity contribution in [2.24, 2.45) is 5.73 Å². The molecule has 0 spiro atoms. The fourth-order valence-electron chi connectivity index (χ4n) is 2.03. The monoisotopic (exact) mass is 275 g/mol. The lowest BCUT2D eigenvalue weighted by Gasteiger charge is -2.07. The average Bonchev–Trinajstić information content (AvgIpc) is 2.88. The van der Waals surface area contributed by atoms with Crippen molar-refractivity contribution in [1.82, 2.24) is 10.1 Å². The van der Waals surface area contributed by atoms with Gasteiger partial charge in [0.25, 0.3) is 0 Å². The molecule has 108 valence electrons. The van der Waals surface area contributed by atoms with Crippen molar-refractivity contribution in [2.45, 2.75) is 45.1 Å². The molecule has 0 radical (unpaired) electrons. The van der Waals surface area contributed by atoms with Gasteiger partial charge in [-0.05, 0) is 44.0 Å². The third-order valence-electron chi connectivity index (χ3n) is 3.29. The Hall–Kier alpha value is -1.88. The molecule has 20 heavy (non-hydrogen) atoms. The maximum Gasteiger partial charge on any atom is 0.229 e. The number of nitrogens with two attached hydrogens (primary N) is 1. The van der Waals surface area contributed by atoms with Crippen LogP contribution in [0.3, 0.4) is 0 Å². The number of rotatable bonds is 6. The van der Waals surface area contributed by atoms with Gasteiger partial charge in [-0.1, -0.05) is 18.5 Å². The number of aromatic nitrogens is 2. The molecule has 5 nitrogen and oxygen atoms in total. The lowest BCUT2D eigenvalue weighted by atomic mass is 10.0. The van der Waals surface area contributed by atoms with Gasteiger partial charge in [0.15, 0.2) is 0 Å². The van der Waals surface area contributed by atoms with Crippen molar-refractivity contribution in [1.29, 1.82) is 0 Å². The van der Waals surface area contributed by atoms with Gasteiger partial charge < -0.3 is 15.4 Å². The van der Waals surface area contributed by atoms with E-state index in [2.05, 4.69) is 17.1 Å². The first-order valence-electron chi connectivity index (χ1n) is 6.95. The van der Waals surface area contributed by atoms with E-state index >= 15 is 0 Å². The third kappa shape index (κ3) is 3.81. The van der Waals surface area contributed by atoms with Gasteiger partial charge in [-0.3, -0.25) is 0 Å². The Morgan fingerprint density at radius 1 is 1.20 bits per heavy atom. The fraction of sp³-hybridized carbons (Fsp3) is 0.467. The van der Waals surface area contributed by atoms with Crippen LogP contribution in [-0.2, 0) is 0 Å². The zero-order chi connectivity index (χ0) is 14.5. The van der Waals surface area contributed by atoms with Crippen molar-refractivity contribution in [3.8, 4) is 17.1 Å². The first-order chi connectivity index (χ1) is 9.56. The summed E-state index contributed by atoms with van der Waals surface area (Å²) in [5.41, 5.74) is 6.57. The molecular weight excluding hydrogens is 254 g/mol. The van der Waals surface area contributed by atoms with E-state index in [9.17, 15) is 5.11 Å². The van der Waals surface area contributed by atoms with Crippen molar-refractivity contribution < 1.29 is 9.63 Å². The molecule has 2 atom stereocenters. The highest BCUT2D eigenvalue weighted by Crippen LogP contribution is 2.24. The topological polar surface area (TPSA) is 85.2 Å². The normalized spacial score (nSPS) is 14.2. The number of hydrogen-bond donors (Lipinski definition) is 2. The van der Waals surface area contributed by atoms with Crippen LogP contribution in [0.1, 0.15) is 44.9 Å². The van der Waals surface area contributed by atoms with E-state index in [1.165, 1.54) is 0 Å². The van der Waals surface area contributed by atoms with Crippen molar-refractivity contribution in [2.75, 3.05) is 0 Å². The van der Waals surface area contributed by atoms with Gasteiger partial charge in [0.2, 0.25) is 11.7 Å². The van der Waals surface area contributed by atoms with E-state index < -0.39 is 0 Å². The molecule has 0 aliphatic rings. The van der Waals surface area contributed by atoms with Gasteiger partial charge in [-0.15, -0.1) is 0 Å². The minimum Gasteiger partial charge on any atom is -0.508 e. The summed E-state index contributed by atoms with van der Waals surface area (Å²) in [6.45, 7) is 4.09. The van der Waals surface area contributed by atoms with Crippen molar-refractivity contribution in [3.05, 3.63) is 30.2 Å². The summed E-state index contributed by atoms with van der Waals surface area (Å²) < 4.78 is 5.31. The molecule has 2 rings (SSSR count). The maximum atomic E-state index is 9.26. The highest BCUT2D eigenvalue weighted by atomic mass is 16.5. The number of hydrogen-bond acceptors (Lipinski definition) is 5. The summed E-state index contributed by atoms with van der Waals surface area (Å²) in [7, 11) is 0. The molecular formula is C15H21N3O2. The van der Waals surface area contributed by atoms with E-state index in [0.717, 1.165) is 24.8 Å². The zero-order valence-electron chi connectivity index (χ0n) is 11.9. The molecule has 0 aliphatic carbocycles. The summed E-state index contributed by atoms with van der Waals surface area (Å²) in [6, 6.07) is 6.99. The van der Waals surface area contributed by atoms with E-state index in [-0.39, 0.29) is 17.7 Å². The van der Waals surface area contributed by atoms with Gasteiger partial charge in [-0.2, -0.15) is 4.98 Å². The molecule has 0 aliphatic heterocycles. The lowest BCUT2D eigenvalue weighted by Crippen LogP contribution is -2.14. The molecule has 0 bridgehead atoms. The van der Waals surface area contributed by atoms with Crippen LogP contribution in [0.5, 0.6) is 5.75 Å². The SMILES string of the molecule is CC(N)CCCC(C)c1nc(-c2ccc(O)cc2)no1. The van der Waals surface area contributed by atoms with E-state index in [1.807, 2.05) is 6.92 Å². The quantitative estimate of drug-likeness (QED) is 0.846. The first kappa shape index (κ1) is 14.5. The smallest absolute Gasteiger partial charge is 0.229 e. The minimum atomic E-state index is 0.224. The Labute approximate surface area is 118 Å². The van der Waals surface area contributed by atoms with Crippen LogP contribution in [0, 0.1) is 0 Å².